The minimum atomic E-state index is -0.856. The van der Waals surface area contributed by atoms with E-state index in [-0.39, 0.29) is 11.7 Å². The lowest BCUT2D eigenvalue weighted by molar-refractivity contribution is -0.134. The lowest BCUT2D eigenvalue weighted by Crippen LogP contribution is -2.56. The number of carbonyl (C=O) groups is 3. The van der Waals surface area contributed by atoms with Crippen molar-refractivity contribution in [2.75, 3.05) is 17.6 Å². The molecule has 1 aromatic rings. The third-order valence-corrected chi connectivity index (χ3v) is 4.92. The summed E-state index contributed by atoms with van der Waals surface area (Å²) in [6.45, 7) is 2.58. The number of hydrogen-bond acceptors (Lipinski definition) is 5. The predicted molar refractivity (Wildman–Crippen MR) is 110 cm³/mol. The van der Waals surface area contributed by atoms with Gasteiger partial charge >= 0.3 is 0 Å². The number of rotatable bonds is 9. The lowest BCUT2D eigenvalue weighted by Gasteiger charge is -2.25. The van der Waals surface area contributed by atoms with Gasteiger partial charge in [-0.05, 0) is 56.2 Å². The van der Waals surface area contributed by atoms with E-state index in [9.17, 15) is 14.4 Å². The van der Waals surface area contributed by atoms with Crippen molar-refractivity contribution in [1.82, 2.24) is 10.6 Å². The van der Waals surface area contributed by atoms with Crippen LogP contribution in [0.2, 0.25) is 0 Å². The summed E-state index contributed by atoms with van der Waals surface area (Å²) in [5, 5.41) is 8.59. The number of piperidine rings is 1. The minimum Gasteiger partial charge on any atom is -0.343 e. The van der Waals surface area contributed by atoms with Crippen LogP contribution in [-0.4, -0.2) is 42.0 Å². The molecule has 1 aliphatic rings. The maximum Gasteiger partial charge on any atom is 0.246 e. The zero-order valence-corrected chi connectivity index (χ0v) is 16.7. The van der Waals surface area contributed by atoms with E-state index in [4.69, 9.17) is 0 Å². The monoisotopic (exact) mass is 391 g/mol. The highest BCUT2D eigenvalue weighted by Crippen LogP contribution is 2.13. The zero-order valence-electron chi connectivity index (χ0n) is 15.8. The average molecular weight is 392 g/mol. The Morgan fingerprint density at radius 2 is 2.11 bits per heavy atom. The first-order valence-electron chi connectivity index (χ1n) is 9.56. The Labute approximate surface area is 166 Å². The number of amides is 2. The van der Waals surface area contributed by atoms with Gasteiger partial charge in [0, 0.05) is 12.1 Å². The summed E-state index contributed by atoms with van der Waals surface area (Å²) in [7, 11) is 0. The molecule has 0 bridgehead atoms. The molecule has 1 aliphatic heterocycles. The minimum absolute atomic E-state index is 0.119. The summed E-state index contributed by atoms with van der Waals surface area (Å²) in [5.41, 5.74) is 1.74. The van der Waals surface area contributed by atoms with Crippen molar-refractivity contribution in [1.29, 1.82) is 0 Å². The van der Waals surface area contributed by atoms with E-state index in [0.29, 0.717) is 25.1 Å². The highest BCUT2D eigenvalue weighted by Gasteiger charge is 2.31. The molecule has 7 heteroatoms. The smallest absolute Gasteiger partial charge is 0.246 e. The number of ketones is 1. The number of aryl methyl sites for hydroxylation is 1. The van der Waals surface area contributed by atoms with Crippen LogP contribution in [0.4, 0.5) is 5.69 Å². The molecule has 3 N–H and O–H groups in total. The number of unbranched alkanes of at least 4 members (excludes halogenated alkanes) is 2. The van der Waals surface area contributed by atoms with Gasteiger partial charge in [-0.25, -0.2) is 0 Å². The van der Waals surface area contributed by atoms with Crippen LogP contribution in [-0.2, 0) is 14.4 Å². The van der Waals surface area contributed by atoms with E-state index in [1.165, 1.54) is 0 Å². The molecule has 2 amide bonds. The second-order valence-electron chi connectivity index (χ2n) is 6.95. The van der Waals surface area contributed by atoms with E-state index in [2.05, 4.69) is 28.6 Å². The van der Waals surface area contributed by atoms with Crippen molar-refractivity contribution in [3.63, 3.8) is 0 Å². The van der Waals surface area contributed by atoms with Crippen molar-refractivity contribution in [3.8, 4) is 0 Å². The number of anilines is 1. The molecular formula is C20H29N3O3S. The summed E-state index contributed by atoms with van der Waals surface area (Å²) in [6.07, 6.45) is 4.37. The summed E-state index contributed by atoms with van der Waals surface area (Å²) < 4.78 is 0. The number of hydrogen-bond donors (Lipinski definition) is 4. The summed E-state index contributed by atoms with van der Waals surface area (Å²) in [4.78, 5) is 37.3. The van der Waals surface area contributed by atoms with E-state index in [1.54, 1.807) is 0 Å². The number of benzene rings is 1. The molecule has 148 valence electrons. The number of Topliss-reactive ketones (excluding diaryl/α,β-unsaturated/α-hetero) is 1. The Morgan fingerprint density at radius 3 is 2.81 bits per heavy atom. The van der Waals surface area contributed by atoms with E-state index in [1.807, 2.05) is 31.2 Å². The molecule has 0 spiro atoms. The quantitative estimate of drug-likeness (QED) is 0.295. The second-order valence-corrected chi connectivity index (χ2v) is 7.40. The molecule has 1 fully saturated rings. The van der Waals surface area contributed by atoms with Gasteiger partial charge in [-0.15, -0.1) is 0 Å². The van der Waals surface area contributed by atoms with Crippen LogP contribution >= 0.6 is 12.6 Å². The fraction of sp³-hybridized carbons (Fsp3) is 0.550. The molecule has 1 saturated heterocycles. The highest BCUT2D eigenvalue weighted by molar-refractivity contribution is 7.80. The fourth-order valence-corrected chi connectivity index (χ4v) is 3.34. The Morgan fingerprint density at radius 1 is 1.30 bits per heavy atom. The zero-order chi connectivity index (χ0) is 19.6. The molecular weight excluding hydrogens is 362 g/mol. The molecule has 6 nitrogen and oxygen atoms in total. The average Bonchev–Trinajstić information content (AvgIpc) is 2.64. The molecule has 0 aromatic heterocycles. The lowest BCUT2D eigenvalue weighted by atomic mass is 10.0. The van der Waals surface area contributed by atoms with Crippen molar-refractivity contribution in [3.05, 3.63) is 29.8 Å². The standard InChI is InChI=1S/C20H29N3O3S/c1-14-7-5-8-15(13-14)22-19(25)16(9-3-2-4-12-27)23-20(26)18-17(24)10-6-11-21-18/h5,7-8,13,16,18,21,27H,2-4,6,9-12H2,1H3,(H,22,25)(H,23,26)/t16-,18?/m0/s1. The SMILES string of the molecule is Cc1cccc(NC(=O)[C@H](CCCCCS)NC(=O)C2NCCCC2=O)c1. The second kappa shape index (κ2) is 11.1. The fourth-order valence-electron chi connectivity index (χ4n) is 3.12. The maximum atomic E-state index is 12.7. The van der Waals surface area contributed by atoms with E-state index in [0.717, 1.165) is 37.0 Å². The van der Waals surface area contributed by atoms with Gasteiger partial charge in [0.1, 0.15) is 12.1 Å². The Hall–Kier alpha value is -1.86. The van der Waals surface area contributed by atoms with Gasteiger partial charge in [0.15, 0.2) is 5.78 Å². The van der Waals surface area contributed by atoms with Gasteiger partial charge in [0.25, 0.3) is 0 Å². The van der Waals surface area contributed by atoms with Crippen molar-refractivity contribution in [2.24, 2.45) is 0 Å². The van der Waals surface area contributed by atoms with Crippen molar-refractivity contribution in [2.45, 2.75) is 57.5 Å². The Bertz CT molecular complexity index is 666. The van der Waals surface area contributed by atoms with Crippen LogP contribution in [0, 0.1) is 6.92 Å². The molecule has 1 aromatic carbocycles. The van der Waals surface area contributed by atoms with Gasteiger partial charge in [0.2, 0.25) is 11.8 Å². The van der Waals surface area contributed by atoms with Crippen LogP contribution in [0.25, 0.3) is 0 Å². The molecule has 2 rings (SSSR count). The summed E-state index contributed by atoms with van der Waals surface area (Å²) in [6, 6.07) is 5.99. The topological polar surface area (TPSA) is 87.3 Å². The first-order valence-corrected chi connectivity index (χ1v) is 10.2. The molecule has 27 heavy (non-hydrogen) atoms. The Kier molecular flexibility index (Phi) is 8.81. The maximum absolute atomic E-state index is 12.7. The molecule has 0 radical (unpaired) electrons. The van der Waals surface area contributed by atoms with E-state index < -0.39 is 18.0 Å². The first kappa shape index (κ1) is 21.4. The van der Waals surface area contributed by atoms with Gasteiger partial charge in [-0.2, -0.15) is 12.6 Å². The number of thiol groups is 1. The Balaban J connectivity index is 2.01. The summed E-state index contributed by atoms with van der Waals surface area (Å²) >= 11 is 4.20. The third kappa shape index (κ3) is 6.99. The van der Waals surface area contributed by atoms with Gasteiger partial charge in [0.05, 0.1) is 0 Å². The van der Waals surface area contributed by atoms with Gasteiger partial charge in [-0.1, -0.05) is 25.0 Å². The third-order valence-electron chi connectivity index (χ3n) is 4.60. The molecule has 0 saturated carbocycles. The van der Waals surface area contributed by atoms with Crippen LogP contribution in [0.1, 0.15) is 44.1 Å². The molecule has 0 aliphatic carbocycles. The van der Waals surface area contributed by atoms with Gasteiger partial charge in [-0.3, -0.25) is 19.7 Å². The normalized spacial score (nSPS) is 18.0. The highest BCUT2D eigenvalue weighted by atomic mass is 32.1. The van der Waals surface area contributed by atoms with Gasteiger partial charge < -0.3 is 10.6 Å². The number of carbonyl (C=O) groups excluding carboxylic acids is 3. The van der Waals surface area contributed by atoms with Crippen LogP contribution in [0.5, 0.6) is 0 Å². The molecule has 2 atom stereocenters. The van der Waals surface area contributed by atoms with Crippen molar-refractivity contribution >= 4 is 35.9 Å². The predicted octanol–water partition coefficient (Wildman–Crippen LogP) is 2.23. The van der Waals surface area contributed by atoms with Crippen LogP contribution in [0.15, 0.2) is 24.3 Å². The van der Waals surface area contributed by atoms with Crippen molar-refractivity contribution < 1.29 is 14.4 Å². The largest absolute Gasteiger partial charge is 0.343 e. The molecule has 1 unspecified atom stereocenters. The number of nitrogens with one attached hydrogen (secondary N) is 3. The van der Waals surface area contributed by atoms with E-state index >= 15 is 0 Å². The molecule has 1 heterocycles. The summed E-state index contributed by atoms with van der Waals surface area (Å²) in [5.74, 6) is 0.000506. The van der Waals surface area contributed by atoms with Crippen LogP contribution < -0.4 is 16.0 Å². The van der Waals surface area contributed by atoms with Crippen LogP contribution in [0.3, 0.4) is 0 Å². The first-order chi connectivity index (χ1) is 13.0.